The molecule has 0 spiro atoms. The quantitative estimate of drug-likeness (QED) is 0.796. The lowest BCUT2D eigenvalue weighted by Gasteiger charge is -2.14. The number of nitrogens with two attached hydrogens (primary N) is 1. The standard InChI is InChI=1S/C9H14N2OS/c1-11(8(12)4-2-6-10)9-5-3-7-13-9/h3,5,7H,2,4,6,10H2,1H3. The number of rotatable bonds is 4. The highest BCUT2D eigenvalue weighted by molar-refractivity contribution is 7.14. The first-order valence-corrected chi connectivity index (χ1v) is 5.14. The SMILES string of the molecule is CN(C(=O)CCCN)c1cccs1. The van der Waals surface area contributed by atoms with Crippen LogP contribution in [0.5, 0.6) is 0 Å². The topological polar surface area (TPSA) is 46.3 Å². The van der Waals surface area contributed by atoms with Crippen LogP contribution in [0, 0.1) is 0 Å². The van der Waals surface area contributed by atoms with E-state index in [0.29, 0.717) is 13.0 Å². The minimum absolute atomic E-state index is 0.132. The van der Waals surface area contributed by atoms with Gasteiger partial charge in [0.25, 0.3) is 0 Å². The minimum Gasteiger partial charge on any atom is -0.330 e. The second-order valence-electron chi connectivity index (χ2n) is 2.80. The molecule has 72 valence electrons. The van der Waals surface area contributed by atoms with E-state index in [0.717, 1.165) is 11.4 Å². The molecule has 1 amide bonds. The van der Waals surface area contributed by atoms with E-state index in [-0.39, 0.29) is 5.91 Å². The summed E-state index contributed by atoms with van der Waals surface area (Å²) in [5.41, 5.74) is 5.33. The summed E-state index contributed by atoms with van der Waals surface area (Å²) in [6.45, 7) is 0.573. The summed E-state index contributed by atoms with van der Waals surface area (Å²) in [7, 11) is 1.80. The Bertz CT molecular complexity index is 259. The summed E-state index contributed by atoms with van der Waals surface area (Å²) in [5.74, 6) is 0.132. The van der Waals surface area contributed by atoms with Crippen LogP contribution in [0.4, 0.5) is 5.00 Å². The highest BCUT2D eigenvalue weighted by Gasteiger charge is 2.09. The number of amides is 1. The van der Waals surface area contributed by atoms with E-state index in [1.807, 2.05) is 17.5 Å². The molecule has 0 fully saturated rings. The van der Waals surface area contributed by atoms with E-state index in [1.54, 1.807) is 23.3 Å². The second-order valence-corrected chi connectivity index (χ2v) is 3.72. The molecule has 1 heterocycles. The summed E-state index contributed by atoms with van der Waals surface area (Å²) in [5, 5.41) is 2.95. The van der Waals surface area contributed by atoms with Gasteiger partial charge in [-0.15, -0.1) is 11.3 Å². The summed E-state index contributed by atoms with van der Waals surface area (Å²) in [6, 6.07) is 3.87. The monoisotopic (exact) mass is 198 g/mol. The molecule has 13 heavy (non-hydrogen) atoms. The van der Waals surface area contributed by atoms with Crippen molar-refractivity contribution in [2.45, 2.75) is 12.8 Å². The number of thiophene rings is 1. The largest absolute Gasteiger partial charge is 0.330 e. The Labute approximate surface area is 82.2 Å². The molecule has 1 aromatic rings. The molecule has 1 rings (SSSR count). The molecule has 4 heteroatoms. The molecule has 0 unspecified atom stereocenters. The van der Waals surface area contributed by atoms with Crippen molar-refractivity contribution in [1.29, 1.82) is 0 Å². The van der Waals surface area contributed by atoms with Gasteiger partial charge in [0.2, 0.25) is 5.91 Å². The minimum atomic E-state index is 0.132. The van der Waals surface area contributed by atoms with Gasteiger partial charge in [0, 0.05) is 13.5 Å². The number of hydrogen-bond donors (Lipinski definition) is 1. The van der Waals surface area contributed by atoms with Crippen molar-refractivity contribution in [3.05, 3.63) is 17.5 Å². The van der Waals surface area contributed by atoms with Gasteiger partial charge in [-0.1, -0.05) is 0 Å². The molecular formula is C9H14N2OS. The fraction of sp³-hybridized carbons (Fsp3) is 0.444. The first-order chi connectivity index (χ1) is 6.25. The lowest BCUT2D eigenvalue weighted by molar-refractivity contribution is -0.118. The maximum absolute atomic E-state index is 11.5. The molecule has 3 nitrogen and oxygen atoms in total. The van der Waals surface area contributed by atoms with Crippen molar-refractivity contribution in [1.82, 2.24) is 0 Å². The van der Waals surface area contributed by atoms with Gasteiger partial charge in [0.1, 0.15) is 0 Å². The summed E-state index contributed by atoms with van der Waals surface area (Å²) in [6.07, 6.45) is 1.29. The Hall–Kier alpha value is -0.870. The third kappa shape index (κ3) is 2.82. The lowest BCUT2D eigenvalue weighted by atomic mass is 10.3. The van der Waals surface area contributed by atoms with Crippen LogP contribution in [0.15, 0.2) is 17.5 Å². The molecule has 0 bridgehead atoms. The number of carbonyl (C=O) groups excluding carboxylic acids is 1. The molecule has 0 saturated carbocycles. The summed E-state index contributed by atoms with van der Waals surface area (Å²) < 4.78 is 0. The summed E-state index contributed by atoms with van der Waals surface area (Å²) in [4.78, 5) is 13.2. The van der Waals surface area contributed by atoms with E-state index in [2.05, 4.69) is 0 Å². The van der Waals surface area contributed by atoms with E-state index in [9.17, 15) is 4.79 Å². The van der Waals surface area contributed by atoms with Crippen molar-refractivity contribution in [2.24, 2.45) is 5.73 Å². The van der Waals surface area contributed by atoms with Crippen LogP contribution < -0.4 is 10.6 Å². The van der Waals surface area contributed by atoms with Crippen LogP contribution in [-0.4, -0.2) is 19.5 Å². The van der Waals surface area contributed by atoms with Crippen molar-refractivity contribution >= 4 is 22.2 Å². The smallest absolute Gasteiger partial charge is 0.227 e. The number of carbonyl (C=O) groups is 1. The normalized spacial score (nSPS) is 10.0. The average molecular weight is 198 g/mol. The predicted molar refractivity (Wildman–Crippen MR) is 56.0 cm³/mol. The first kappa shape index (κ1) is 10.2. The van der Waals surface area contributed by atoms with Crippen molar-refractivity contribution in [3.63, 3.8) is 0 Å². The predicted octanol–water partition coefficient (Wildman–Crippen LogP) is 1.45. The number of anilines is 1. The molecule has 0 aliphatic carbocycles. The zero-order valence-electron chi connectivity index (χ0n) is 7.69. The Morgan fingerprint density at radius 1 is 1.69 bits per heavy atom. The molecule has 1 aromatic heterocycles. The maximum atomic E-state index is 11.5. The molecular weight excluding hydrogens is 184 g/mol. The van der Waals surface area contributed by atoms with Crippen molar-refractivity contribution < 1.29 is 4.79 Å². The molecule has 0 aliphatic heterocycles. The van der Waals surface area contributed by atoms with E-state index < -0.39 is 0 Å². The Balaban J connectivity index is 2.48. The van der Waals surface area contributed by atoms with Crippen molar-refractivity contribution in [2.75, 3.05) is 18.5 Å². The highest BCUT2D eigenvalue weighted by Crippen LogP contribution is 2.20. The molecule has 0 saturated heterocycles. The lowest BCUT2D eigenvalue weighted by Crippen LogP contribution is -2.25. The number of hydrogen-bond acceptors (Lipinski definition) is 3. The van der Waals surface area contributed by atoms with Gasteiger partial charge >= 0.3 is 0 Å². The molecule has 2 N–H and O–H groups in total. The second kappa shape index (κ2) is 4.99. The first-order valence-electron chi connectivity index (χ1n) is 4.26. The molecule has 0 aromatic carbocycles. The summed E-state index contributed by atoms with van der Waals surface area (Å²) >= 11 is 1.57. The zero-order chi connectivity index (χ0) is 9.68. The average Bonchev–Trinajstić information content (AvgIpc) is 2.65. The molecule has 0 radical (unpaired) electrons. The van der Waals surface area contributed by atoms with Gasteiger partial charge in [-0.3, -0.25) is 4.79 Å². The zero-order valence-corrected chi connectivity index (χ0v) is 8.51. The van der Waals surface area contributed by atoms with Gasteiger partial charge in [0.05, 0.1) is 5.00 Å². The third-order valence-corrected chi connectivity index (χ3v) is 2.75. The van der Waals surface area contributed by atoms with Gasteiger partial charge in [-0.25, -0.2) is 0 Å². The Morgan fingerprint density at radius 3 is 3.00 bits per heavy atom. The van der Waals surface area contributed by atoms with Gasteiger partial charge in [0.15, 0.2) is 0 Å². The number of nitrogens with zero attached hydrogens (tertiary/aromatic N) is 1. The van der Waals surface area contributed by atoms with Crippen LogP contribution in [0.1, 0.15) is 12.8 Å². The van der Waals surface area contributed by atoms with Gasteiger partial charge in [-0.05, 0) is 30.5 Å². The van der Waals surface area contributed by atoms with Gasteiger partial charge in [-0.2, -0.15) is 0 Å². The molecule has 0 atom stereocenters. The van der Waals surface area contributed by atoms with Gasteiger partial charge < -0.3 is 10.6 Å². The van der Waals surface area contributed by atoms with E-state index in [1.165, 1.54) is 0 Å². The van der Waals surface area contributed by atoms with E-state index in [4.69, 9.17) is 5.73 Å². The Kier molecular flexibility index (Phi) is 3.92. The fourth-order valence-electron chi connectivity index (χ4n) is 1.00. The van der Waals surface area contributed by atoms with Crippen LogP contribution in [0.2, 0.25) is 0 Å². The Morgan fingerprint density at radius 2 is 2.46 bits per heavy atom. The third-order valence-electron chi connectivity index (χ3n) is 1.81. The maximum Gasteiger partial charge on any atom is 0.227 e. The van der Waals surface area contributed by atoms with Crippen LogP contribution in [-0.2, 0) is 4.79 Å². The van der Waals surface area contributed by atoms with Crippen molar-refractivity contribution in [3.8, 4) is 0 Å². The highest BCUT2D eigenvalue weighted by atomic mass is 32.1. The van der Waals surface area contributed by atoms with E-state index >= 15 is 0 Å². The van der Waals surface area contributed by atoms with Crippen LogP contribution >= 0.6 is 11.3 Å². The fourth-order valence-corrected chi connectivity index (χ4v) is 1.72. The van der Waals surface area contributed by atoms with Crippen LogP contribution in [0.3, 0.4) is 0 Å². The molecule has 0 aliphatic rings. The van der Waals surface area contributed by atoms with Crippen LogP contribution in [0.25, 0.3) is 0 Å².